The minimum atomic E-state index is -0.741. The van der Waals surface area contributed by atoms with E-state index in [-0.39, 0.29) is 6.42 Å². The molecule has 2 heterocycles. The summed E-state index contributed by atoms with van der Waals surface area (Å²) in [5.41, 5.74) is 1.10. The fraction of sp³-hybridized carbons (Fsp3) is 0.364. The first kappa shape index (κ1) is 13.1. The second-order valence-electron chi connectivity index (χ2n) is 3.67. The second-order valence-corrected chi connectivity index (χ2v) is 5.53. The molecule has 0 aliphatic carbocycles. The quantitative estimate of drug-likeness (QED) is 0.805. The molecule has 1 aliphatic heterocycles. The lowest BCUT2D eigenvalue weighted by Crippen LogP contribution is -2.19. The predicted molar refractivity (Wildman–Crippen MR) is 73.3 cm³/mol. The zero-order valence-corrected chi connectivity index (χ0v) is 11.3. The number of hydrogen-bond acceptors (Lipinski definition) is 6. The fourth-order valence-corrected chi connectivity index (χ4v) is 2.85. The SMILES string of the molecule is O=C(O)CCSCN1C=CC(c2ncns2)=CC1. The topological polar surface area (TPSA) is 66.3 Å². The van der Waals surface area contributed by atoms with Gasteiger partial charge in [-0.15, -0.1) is 11.8 Å². The van der Waals surface area contributed by atoms with E-state index in [4.69, 9.17) is 5.11 Å². The van der Waals surface area contributed by atoms with Crippen LogP contribution in [0.1, 0.15) is 11.4 Å². The van der Waals surface area contributed by atoms with Crippen LogP contribution >= 0.6 is 23.3 Å². The van der Waals surface area contributed by atoms with E-state index in [2.05, 4.69) is 20.3 Å². The standard InChI is InChI=1S/C11H13N3O2S2/c15-10(16)3-6-17-8-14-4-1-9(2-5-14)11-12-7-13-18-11/h1-2,4,7H,3,5-6,8H2,(H,15,16). The van der Waals surface area contributed by atoms with Crippen molar-refractivity contribution in [3.05, 3.63) is 29.7 Å². The van der Waals surface area contributed by atoms with E-state index in [0.29, 0.717) is 5.75 Å². The Bertz CT molecular complexity index is 457. The number of aromatic nitrogens is 2. The lowest BCUT2D eigenvalue weighted by molar-refractivity contribution is -0.136. The van der Waals surface area contributed by atoms with Gasteiger partial charge >= 0.3 is 5.97 Å². The molecule has 0 radical (unpaired) electrons. The van der Waals surface area contributed by atoms with Crippen LogP contribution < -0.4 is 0 Å². The van der Waals surface area contributed by atoms with Crippen LogP contribution in [0.5, 0.6) is 0 Å². The normalized spacial score (nSPS) is 14.7. The van der Waals surface area contributed by atoms with Crippen molar-refractivity contribution in [2.75, 3.05) is 18.2 Å². The molecule has 1 N–H and O–H groups in total. The highest BCUT2D eigenvalue weighted by Crippen LogP contribution is 2.20. The summed E-state index contributed by atoms with van der Waals surface area (Å²) in [6.45, 7) is 0.825. The molecule has 1 aromatic rings. The number of rotatable bonds is 6. The van der Waals surface area contributed by atoms with Gasteiger partial charge in [-0.25, -0.2) is 4.98 Å². The molecule has 0 fully saturated rings. The largest absolute Gasteiger partial charge is 0.481 e. The smallest absolute Gasteiger partial charge is 0.304 e. The third kappa shape index (κ3) is 3.85. The van der Waals surface area contributed by atoms with Gasteiger partial charge in [-0.1, -0.05) is 6.08 Å². The van der Waals surface area contributed by atoms with Gasteiger partial charge < -0.3 is 10.0 Å². The molecule has 0 saturated heterocycles. The Hall–Kier alpha value is -1.34. The fourth-order valence-electron chi connectivity index (χ4n) is 1.43. The van der Waals surface area contributed by atoms with Crippen molar-refractivity contribution in [1.29, 1.82) is 0 Å². The molecule has 0 unspecified atom stereocenters. The highest BCUT2D eigenvalue weighted by atomic mass is 32.2. The van der Waals surface area contributed by atoms with Crippen molar-refractivity contribution in [3.8, 4) is 0 Å². The Morgan fingerprint density at radius 1 is 1.61 bits per heavy atom. The van der Waals surface area contributed by atoms with Crippen LogP contribution in [0.15, 0.2) is 24.7 Å². The molecule has 0 bridgehead atoms. The minimum absolute atomic E-state index is 0.216. The van der Waals surface area contributed by atoms with Crippen molar-refractivity contribution in [2.45, 2.75) is 6.42 Å². The van der Waals surface area contributed by atoms with E-state index in [0.717, 1.165) is 23.0 Å². The van der Waals surface area contributed by atoms with Crippen molar-refractivity contribution < 1.29 is 9.90 Å². The Morgan fingerprint density at radius 2 is 2.50 bits per heavy atom. The first-order valence-corrected chi connectivity index (χ1v) is 7.37. The maximum Gasteiger partial charge on any atom is 0.304 e. The number of thioether (sulfide) groups is 1. The van der Waals surface area contributed by atoms with Gasteiger partial charge in [-0.05, 0) is 17.6 Å². The number of hydrogen-bond donors (Lipinski definition) is 1. The minimum Gasteiger partial charge on any atom is -0.481 e. The maximum atomic E-state index is 10.4. The third-order valence-corrected chi connectivity index (χ3v) is 4.06. The average Bonchev–Trinajstić information content (AvgIpc) is 2.89. The zero-order valence-electron chi connectivity index (χ0n) is 9.65. The van der Waals surface area contributed by atoms with Crippen molar-refractivity contribution in [2.24, 2.45) is 0 Å². The zero-order chi connectivity index (χ0) is 12.8. The maximum absolute atomic E-state index is 10.4. The third-order valence-electron chi connectivity index (χ3n) is 2.34. The van der Waals surface area contributed by atoms with Gasteiger partial charge in [-0.3, -0.25) is 4.79 Å². The molecule has 18 heavy (non-hydrogen) atoms. The number of carboxylic acid groups (broad SMARTS) is 1. The van der Waals surface area contributed by atoms with Crippen LogP contribution in [-0.4, -0.2) is 43.5 Å². The number of allylic oxidation sites excluding steroid dienone is 2. The van der Waals surface area contributed by atoms with Crippen LogP contribution in [0.4, 0.5) is 0 Å². The summed E-state index contributed by atoms with van der Waals surface area (Å²) in [4.78, 5) is 16.7. The molecule has 1 aliphatic rings. The van der Waals surface area contributed by atoms with Crippen molar-refractivity contribution >= 4 is 34.8 Å². The Morgan fingerprint density at radius 3 is 3.11 bits per heavy atom. The van der Waals surface area contributed by atoms with Gasteiger partial charge in [-0.2, -0.15) is 4.37 Å². The van der Waals surface area contributed by atoms with E-state index in [9.17, 15) is 4.79 Å². The van der Waals surface area contributed by atoms with Gasteiger partial charge in [0.1, 0.15) is 11.3 Å². The lowest BCUT2D eigenvalue weighted by Gasteiger charge is -2.21. The van der Waals surface area contributed by atoms with Gasteiger partial charge in [0.2, 0.25) is 0 Å². The van der Waals surface area contributed by atoms with Crippen LogP contribution in [-0.2, 0) is 4.79 Å². The van der Waals surface area contributed by atoms with Crippen LogP contribution in [0.25, 0.3) is 5.57 Å². The van der Waals surface area contributed by atoms with Gasteiger partial charge in [0.25, 0.3) is 0 Å². The first-order chi connectivity index (χ1) is 8.75. The van der Waals surface area contributed by atoms with E-state index >= 15 is 0 Å². The van der Waals surface area contributed by atoms with Crippen LogP contribution in [0.2, 0.25) is 0 Å². The Labute approximate surface area is 113 Å². The number of carboxylic acids is 1. The monoisotopic (exact) mass is 283 g/mol. The van der Waals surface area contributed by atoms with E-state index in [1.165, 1.54) is 11.5 Å². The molecule has 0 amide bonds. The average molecular weight is 283 g/mol. The van der Waals surface area contributed by atoms with Crippen LogP contribution in [0.3, 0.4) is 0 Å². The number of carbonyl (C=O) groups is 1. The van der Waals surface area contributed by atoms with Gasteiger partial charge in [0.05, 0.1) is 12.3 Å². The number of nitrogens with zero attached hydrogens (tertiary/aromatic N) is 3. The molecule has 96 valence electrons. The summed E-state index contributed by atoms with van der Waals surface area (Å²) in [5, 5.41) is 9.46. The molecule has 0 atom stereocenters. The summed E-state index contributed by atoms with van der Waals surface area (Å²) in [7, 11) is 0. The molecule has 5 nitrogen and oxygen atoms in total. The number of aliphatic carboxylic acids is 1. The molecule has 2 rings (SSSR count). The Kier molecular flexibility index (Phi) is 4.77. The molecule has 0 spiro atoms. The van der Waals surface area contributed by atoms with Gasteiger partial charge in [0.15, 0.2) is 0 Å². The van der Waals surface area contributed by atoms with Gasteiger partial charge in [0, 0.05) is 24.1 Å². The molecule has 7 heteroatoms. The van der Waals surface area contributed by atoms with Crippen LogP contribution in [0, 0.1) is 0 Å². The second kappa shape index (κ2) is 6.55. The Balaban J connectivity index is 1.74. The van der Waals surface area contributed by atoms with E-state index < -0.39 is 5.97 Å². The summed E-state index contributed by atoms with van der Waals surface area (Å²) in [6, 6.07) is 0. The summed E-state index contributed by atoms with van der Waals surface area (Å²) >= 11 is 3.01. The first-order valence-electron chi connectivity index (χ1n) is 5.44. The molecular formula is C11H13N3O2S2. The molecular weight excluding hydrogens is 270 g/mol. The van der Waals surface area contributed by atoms with E-state index in [1.807, 2.05) is 12.3 Å². The molecule has 0 aromatic carbocycles. The highest BCUT2D eigenvalue weighted by Gasteiger charge is 2.08. The molecule has 0 saturated carbocycles. The van der Waals surface area contributed by atoms with Crippen molar-refractivity contribution in [1.82, 2.24) is 14.3 Å². The summed E-state index contributed by atoms with van der Waals surface area (Å²) < 4.78 is 3.98. The summed E-state index contributed by atoms with van der Waals surface area (Å²) in [5.74, 6) is 0.714. The lowest BCUT2D eigenvalue weighted by atomic mass is 10.2. The highest BCUT2D eigenvalue weighted by molar-refractivity contribution is 7.99. The summed E-state index contributed by atoms with van der Waals surface area (Å²) in [6.07, 6.45) is 7.92. The van der Waals surface area contributed by atoms with Crippen molar-refractivity contribution in [3.63, 3.8) is 0 Å². The predicted octanol–water partition coefficient (Wildman–Crippen LogP) is 1.92. The van der Waals surface area contributed by atoms with E-state index in [1.54, 1.807) is 18.1 Å². The molecule has 1 aromatic heterocycles.